The van der Waals surface area contributed by atoms with Crippen LogP contribution in [0.5, 0.6) is 0 Å². The Kier molecular flexibility index (Phi) is 14.1. The quantitative estimate of drug-likeness (QED) is 0.184. The molecule has 0 radical (unpaired) electrons. The number of H-pyrrole nitrogens is 1. The van der Waals surface area contributed by atoms with Crippen LogP contribution in [0.2, 0.25) is 0 Å². The summed E-state index contributed by atoms with van der Waals surface area (Å²) in [6.45, 7) is 4.52. The minimum Gasteiger partial charge on any atom is -0.478 e. The van der Waals surface area contributed by atoms with Crippen molar-refractivity contribution in [2.24, 2.45) is 5.92 Å². The van der Waals surface area contributed by atoms with Crippen LogP contribution in [0.4, 0.5) is 5.82 Å². The van der Waals surface area contributed by atoms with E-state index >= 15 is 0 Å². The summed E-state index contributed by atoms with van der Waals surface area (Å²) in [5.41, 5.74) is 0. The zero-order valence-corrected chi connectivity index (χ0v) is 18.1. The number of carbonyl (C=O) groups is 1. The molecule has 1 rings (SSSR count). The average molecular weight is 391 g/mol. The number of carboxylic acid groups (broad SMARTS) is 1. The van der Waals surface area contributed by atoms with Crippen LogP contribution in [0.1, 0.15) is 97.3 Å². The molecular formula is C24H42N2O2. The van der Waals surface area contributed by atoms with Gasteiger partial charge in [-0.25, -0.2) is 4.79 Å². The Morgan fingerprint density at radius 2 is 1.64 bits per heavy atom. The number of unbranched alkanes of at least 4 members (excludes halogenated alkanes) is 7. The predicted octanol–water partition coefficient (Wildman–Crippen LogP) is 7.16. The summed E-state index contributed by atoms with van der Waals surface area (Å²) in [5.74, 6) is 0.812. The van der Waals surface area contributed by atoms with E-state index in [0.29, 0.717) is 0 Å². The summed E-state index contributed by atoms with van der Waals surface area (Å²) < 4.78 is 0. The van der Waals surface area contributed by atoms with Crippen molar-refractivity contribution in [1.29, 1.82) is 0 Å². The first-order chi connectivity index (χ1) is 13.7. The fourth-order valence-electron chi connectivity index (χ4n) is 3.78. The van der Waals surface area contributed by atoms with Gasteiger partial charge < -0.3 is 15.4 Å². The van der Waals surface area contributed by atoms with E-state index in [9.17, 15) is 4.79 Å². The third-order valence-corrected chi connectivity index (χ3v) is 5.48. The molecule has 0 aliphatic carbocycles. The lowest BCUT2D eigenvalue weighted by Gasteiger charge is -2.21. The lowest BCUT2D eigenvalue weighted by atomic mass is 9.89. The largest absolute Gasteiger partial charge is 0.478 e. The molecule has 28 heavy (non-hydrogen) atoms. The molecule has 1 aromatic heterocycles. The van der Waals surface area contributed by atoms with Gasteiger partial charge in [0, 0.05) is 18.3 Å². The van der Waals surface area contributed by atoms with Crippen molar-refractivity contribution in [2.45, 2.75) is 103 Å². The molecule has 0 spiro atoms. The van der Waals surface area contributed by atoms with Crippen molar-refractivity contribution < 1.29 is 9.90 Å². The zero-order chi connectivity index (χ0) is 20.5. The smallest absolute Gasteiger partial charge is 0.328 e. The molecule has 0 saturated carbocycles. The normalized spacial score (nSPS) is 13.6. The molecular weight excluding hydrogens is 348 g/mol. The number of hydrogen-bond acceptors (Lipinski definition) is 2. The molecule has 2 atom stereocenters. The maximum absolute atomic E-state index is 10.9. The minimum absolute atomic E-state index is 0.0491. The average Bonchev–Trinajstić information content (AvgIpc) is 3.19. The van der Waals surface area contributed by atoms with E-state index in [2.05, 4.69) is 24.1 Å². The van der Waals surface area contributed by atoms with Crippen molar-refractivity contribution in [3.8, 4) is 0 Å². The molecule has 4 heteroatoms. The Labute approximate surface area is 172 Å². The third kappa shape index (κ3) is 12.6. The summed E-state index contributed by atoms with van der Waals surface area (Å²) in [5, 5.41) is 12.4. The van der Waals surface area contributed by atoms with Crippen LogP contribution < -0.4 is 5.32 Å². The summed E-state index contributed by atoms with van der Waals surface area (Å²) in [4.78, 5) is 14.1. The van der Waals surface area contributed by atoms with Crippen LogP contribution in [-0.2, 0) is 4.79 Å². The Morgan fingerprint density at radius 3 is 2.29 bits per heavy atom. The van der Waals surface area contributed by atoms with Gasteiger partial charge in [-0.05, 0) is 30.9 Å². The van der Waals surface area contributed by atoms with Gasteiger partial charge in [0.15, 0.2) is 0 Å². The topological polar surface area (TPSA) is 65.1 Å². The Balaban J connectivity index is 2.49. The monoisotopic (exact) mass is 390 g/mol. The summed E-state index contributed by atoms with van der Waals surface area (Å²) in [7, 11) is 0. The van der Waals surface area contributed by atoms with E-state index < -0.39 is 5.97 Å². The highest BCUT2D eigenvalue weighted by atomic mass is 16.4. The Hall–Kier alpha value is -1.71. The van der Waals surface area contributed by atoms with E-state index in [0.717, 1.165) is 24.6 Å². The number of hydrogen-bond donors (Lipinski definition) is 3. The fourth-order valence-corrected chi connectivity index (χ4v) is 3.78. The predicted molar refractivity (Wildman–Crippen MR) is 120 cm³/mol. The first-order valence-corrected chi connectivity index (χ1v) is 11.5. The maximum atomic E-state index is 10.9. The number of aromatic nitrogens is 1. The van der Waals surface area contributed by atoms with E-state index in [1.54, 1.807) is 6.08 Å². The van der Waals surface area contributed by atoms with Crippen LogP contribution in [0.3, 0.4) is 0 Å². The number of carboxylic acids is 1. The molecule has 0 amide bonds. The third-order valence-electron chi connectivity index (χ3n) is 5.48. The molecule has 0 aromatic carbocycles. The second-order valence-electron chi connectivity index (χ2n) is 8.03. The molecule has 3 N–H and O–H groups in total. The first kappa shape index (κ1) is 24.3. The van der Waals surface area contributed by atoms with E-state index in [1.165, 1.54) is 76.7 Å². The Bertz CT molecular complexity index is 511. The van der Waals surface area contributed by atoms with Crippen molar-refractivity contribution in [3.63, 3.8) is 0 Å². The minimum atomic E-state index is -0.884. The highest BCUT2D eigenvalue weighted by molar-refractivity contribution is 5.79. The molecule has 0 saturated heterocycles. The van der Waals surface area contributed by atoms with Crippen molar-refractivity contribution in [2.75, 3.05) is 5.32 Å². The molecule has 0 aliphatic rings. The summed E-state index contributed by atoms with van der Waals surface area (Å²) in [6, 6.07) is 3.98. The van der Waals surface area contributed by atoms with Gasteiger partial charge in [0.1, 0.15) is 5.82 Å². The lowest BCUT2D eigenvalue weighted by molar-refractivity contribution is -0.131. The number of nitrogens with one attached hydrogen (secondary N) is 2. The maximum Gasteiger partial charge on any atom is 0.328 e. The first-order valence-electron chi connectivity index (χ1n) is 11.5. The molecule has 1 heterocycles. The Morgan fingerprint density at radius 1 is 1.00 bits per heavy atom. The van der Waals surface area contributed by atoms with Crippen LogP contribution in [0.15, 0.2) is 30.5 Å². The molecule has 4 nitrogen and oxygen atoms in total. The molecule has 2 unspecified atom stereocenters. The van der Waals surface area contributed by atoms with Gasteiger partial charge in [-0.1, -0.05) is 90.6 Å². The van der Waals surface area contributed by atoms with Gasteiger partial charge in [0.25, 0.3) is 0 Å². The number of aromatic amines is 1. The molecule has 0 fully saturated rings. The van der Waals surface area contributed by atoms with Crippen molar-refractivity contribution in [1.82, 2.24) is 4.98 Å². The zero-order valence-electron chi connectivity index (χ0n) is 18.1. The van der Waals surface area contributed by atoms with Crippen LogP contribution >= 0.6 is 0 Å². The standard InChI is InChI=1S/C24H42N2O2/c1-3-5-7-8-9-11-14-21(13-10-6-4-2)16-17-22(18-19-24(27)28)26-23-15-12-20-25-23/h12,15,18-22,25-26H,3-11,13-14,16-17H2,1-2H3,(H,27,28). The summed E-state index contributed by atoms with van der Waals surface area (Å²) >= 11 is 0. The molecule has 0 bridgehead atoms. The SMILES string of the molecule is CCCCCCCCC(CCCCC)CCC(C=CC(=O)O)Nc1ccc[nH]1. The molecule has 160 valence electrons. The number of anilines is 1. The lowest BCUT2D eigenvalue weighted by Crippen LogP contribution is -2.19. The van der Waals surface area contributed by atoms with Gasteiger partial charge in [-0.3, -0.25) is 0 Å². The van der Waals surface area contributed by atoms with Crippen molar-refractivity contribution >= 4 is 11.8 Å². The second kappa shape index (κ2) is 16.3. The fraction of sp³-hybridized carbons (Fsp3) is 0.708. The van der Waals surface area contributed by atoms with Crippen LogP contribution in [0.25, 0.3) is 0 Å². The van der Waals surface area contributed by atoms with Crippen LogP contribution in [0, 0.1) is 5.92 Å². The van der Waals surface area contributed by atoms with Gasteiger partial charge in [0.2, 0.25) is 0 Å². The van der Waals surface area contributed by atoms with E-state index in [4.69, 9.17) is 5.11 Å². The van der Waals surface area contributed by atoms with Gasteiger partial charge >= 0.3 is 5.97 Å². The molecule has 0 aliphatic heterocycles. The number of aliphatic carboxylic acids is 1. The van der Waals surface area contributed by atoms with E-state index in [1.807, 2.05) is 18.3 Å². The van der Waals surface area contributed by atoms with Crippen molar-refractivity contribution in [3.05, 3.63) is 30.5 Å². The molecule has 1 aromatic rings. The highest BCUT2D eigenvalue weighted by Crippen LogP contribution is 2.24. The summed E-state index contributed by atoms with van der Waals surface area (Å²) in [6.07, 6.45) is 21.7. The van der Waals surface area contributed by atoms with Gasteiger partial charge in [0.05, 0.1) is 0 Å². The second-order valence-corrected chi connectivity index (χ2v) is 8.03. The number of rotatable bonds is 18. The van der Waals surface area contributed by atoms with Gasteiger partial charge in [-0.15, -0.1) is 0 Å². The van der Waals surface area contributed by atoms with E-state index in [-0.39, 0.29) is 6.04 Å². The van der Waals surface area contributed by atoms with Gasteiger partial charge in [-0.2, -0.15) is 0 Å². The highest BCUT2D eigenvalue weighted by Gasteiger charge is 2.13. The van der Waals surface area contributed by atoms with Crippen LogP contribution in [-0.4, -0.2) is 22.1 Å².